The first-order valence-electron chi connectivity index (χ1n) is 6.43. The Bertz CT molecular complexity index is 536. The molecule has 4 heteroatoms. The quantitative estimate of drug-likeness (QED) is 0.794. The van der Waals surface area contributed by atoms with Gasteiger partial charge in [-0.1, -0.05) is 36.4 Å². The number of hydrogen-bond donors (Lipinski definition) is 0. The van der Waals surface area contributed by atoms with E-state index >= 15 is 0 Å². The van der Waals surface area contributed by atoms with Crippen molar-refractivity contribution in [2.75, 3.05) is 7.11 Å². The zero-order chi connectivity index (χ0) is 14.5. The van der Waals surface area contributed by atoms with Crippen LogP contribution in [0.2, 0.25) is 0 Å². The van der Waals surface area contributed by atoms with Gasteiger partial charge in [-0.05, 0) is 18.1 Å². The fourth-order valence-corrected chi connectivity index (χ4v) is 2.47. The summed E-state index contributed by atoms with van der Waals surface area (Å²) in [4.78, 5) is 25.5. The van der Waals surface area contributed by atoms with Gasteiger partial charge in [0.05, 0.1) is 19.1 Å². The predicted octanol–water partition coefficient (Wildman–Crippen LogP) is 3.08. The highest BCUT2D eigenvalue weighted by molar-refractivity contribution is 5.94. The normalized spacial score (nSPS) is 21.6. The molecule has 2 atom stereocenters. The third-order valence-electron chi connectivity index (χ3n) is 3.39. The molecule has 0 unspecified atom stereocenters. The lowest BCUT2D eigenvalue weighted by molar-refractivity contribution is -0.120. The summed E-state index contributed by atoms with van der Waals surface area (Å²) in [7, 11) is 1.33. The maximum atomic E-state index is 12.1. The summed E-state index contributed by atoms with van der Waals surface area (Å²) < 4.78 is 4.80. The third-order valence-corrected chi connectivity index (χ3v) is 3.39. The van der Waals surface area contributed by atoms with E-state index in [0.717, 1.165) is 5.56 Å². The summed E-state index contributed by atoms with van der Waals surface area (Å²) in [6, 6.07) is 9.12. The number of nitrogens with zero attached hydrogens (tertiary/aromatic N) is 1. The van der Waals surface area contributed by atoms with E-state index in [4.69, 9.17) is 4.74 Å². The van der Waals surface area contributed by atoms with Gasteiger partial charge in [-0.25, -0.2) is 4.79 Å². The first kappa shape index (κ1) is 14.1. The van der Waals surface area contributed by atoms with E-state index in [1.54, 1.807) is 6.08 Å². The molecular formula is C16H17NO3. The van der Waals surface area contributed by atoms with Gasteiger partial charge in [0.25, 0.3) is 0 Å². The highest BCUT2D eigenvalue weighted by atomic mass is 16.5. The third kappa shape index (κ3) is 2.64. The van der Waals surface area contributed by atoms with E-state index in [0.29, 0.717) is 6.42 Å². The van der Waals surface area contributed by atoms with E-state index in [9.17, 15) is 9.59 Å². The van der Waals surface area contributed by atoms with Crippen molar-refractivity contribution < 1.29 is 14.3 Å². The topological polar surface area (TPSA) is 46.6 Å². The molecule has 0 N–H and O–H groups in total. The fraction of sp³-hybridized carbons (Fsp3) is 0.250. The Labute approximate surface area is 118 Å². The molecule has 1 aromatic carbocycles. The molecule has 0 fully saturated rings. The number of allylic oxidation sites excluding steroid dienone is 2. The van der Waals surface area contributed by atoms with Gasteiger partial charge in [0, 0.05) is 6.20 Å². The van der Waals surface area contributed by atoms with Gasteiger partial charge < -0.3 is 4.74 Å². The average molecular weight is 271 g/mol. The van der Waals surface area contributed by atoms with Crippen LogP contribution in [0.1, 0.15) is 18.0 Å². The van der Waals surface area contributed by atoms with Crippen LogP contribution in [-0.2, 0) is 9.53 Å². The fourth-order valence-electron chi connectivity index (χ4n) is 2.47. The molecule has 0 saturated carbocycles. The maximum absolute atomic E-state index is 12.1. The standard InChI is InChI=1S/C16H17NO3/c1-3-7-13-14(18)10-11-17(16(19)20-2)15(13)12-8-5-4-6-9-12/h3-6,8-11,13,15H,1,7H2,2H3/t13-,15+/m0/s1. The van der Waals surface area contributed by atoms with Crippen molar-refractivity contribution in [1.82, 2.24) is 4.90 Å². The van der Waals surface area contributed by atoms with Crippen LogP contribution in [0.3, 0.4) is 0 Å². The molecule has 0 saturated heterocycles. The van der Waals surface area contributed by atoms with Crippen LogP contribution >= 0.6 is 0 Å². The van der Waals surface area contributed by atoms with Crippen LogP contribution in [0.25, 0.3) is 0 Å². The number of hydrogen-bond acceptors (Lipinski definition) is 3. The Kier molecular flexibility index (Phi) is 4.35. The minimum Gasteiger partial charge on any atom is -0.452 e. The molecule has 104 valence electrons. The molecule has 0 radical (unpaired) electrons. The first-order chi connectivity index (χ1) is 9.69. The van der Waals surface area contributed by atoms with Crippen molar-refractivity contribution in [2.45, 2.75) is 12.5 Å². The molecule has 1 aromatic rings. The second kappa shape index (κ2) is 6.19. The van der Waals surface area contributed by atoms with Crippen LogP contribution in [0, 0.1) is 5.92 Å². The van der Waals surface area contributed by atoms with Crippen LogP contribution in [-0.4, -0.2) is 23.9 Å². The first-order valence-corrected chi connectivity index (χ1v) is 6.43. The SMILES string of the molecule is C=CC[C@H]1C(=O)C=CN(C(=O)OC)[C@@H]1c1ccccc1. The van der Waals surface area contributed by atoms with E-state index in [1.807, 2.05) is 30.3 Å². The number of rotatable bonds is 3. The summed E-state index contributed by atoms with van der Waals surface area (Å²) >= 11 is 0. The van der Waals surface area contributed by atoms with Crippen LogP contribution < -0.4 is 0 Å². The molecule has 1 aliphatic rings. The molecule has 20 heavy (non-hydrogen) atoms. The number of carbonyl (C=O) groups excluding carboxylic acids is 2. The van der Waals surface area contributed by atoms with Gasteiger partial charge in [-0.3, -0.25) is 9.69 Å². The molecule has 0 aromatic heterocycles. The van der Waals surface area contributed by atoms with Crippen LogP contribution in [0.5, 0.6) is 0 Å². The molecule has 0 spiro atoms. The highest BCUT2D eigenvalue weighted by Crippen LogP contribution is 2.35. The summed E-state index contributed by atoms with van der Waals surface area (Å²) in [5.41, 5.74) is 0.905. The lowest BCUT2D eigenvalue weighted by Gasteiger charge is -2.35. The van der Waals surface area contributed by atoms with E-state index in [-0.39, 0.29) is 17.7 Å². The Morgan fingerprint density at radius 1 is 1.40 bits per heavy atom. The molecule has 0 aliphatic carbocycles. The van der Waals surface area contributed by atoms with Gasteiger partial charge in [-0.15, -0.1) is 6.58 Å². The lowest BCUT2D eigenvalue weighted by Crippen LogP contribution is -2.40. The van der Waals surface area contributed by atoms with Crippen molar-refractivity contribution in [3.8, 4) is 0 Å². The second-order valence-electron chi connectivity index (χ2n) is 4.58. The number of carbonyl (C=O) groups is 2. The van der Waals surface area contributed by atoms with Gasteiger partial charge in [-0.2, -0.15) is 0 Å². The van der Waals surface area contributed by atoms with Gasteiger partial charge in [0.2, 0.25) is 0 Å². The van der Waals surface area contributed by atoms with E-state index in [1.165, 1.54) is 24.3 Å². The molecule has 0 bridgehead atoms. The molecule has 4 nitrogen and oxygen atoms in total. The zero-order valence-corrected chi connectivity index (χ0v) is 11.4. The largest absolute Gasteiger partial charge is 0.452 e. The monoisotopic (exact) mass is 271 g/mol. The molecule has 1 amide bonds. The highest BCUT2D eigenvalue weighted by Gasteiger charge is 2.37. The molecule has 1 heterocycles. The van der Waals surface area contributed by atoms with Crippen LogP contribution in [0.4, 0.5) is 4.79 Å². The molecular weight excluding hydrogens is 254 g/mol. The van der Waals surface area contributed by atoms with Crippen molar-refractivity contribution in [2.24, 2.45) is 5.92 Å². The second-order valence-corrected chi connectivity index (χ2v) is 4.58. The number of amides is 1. The van der Waals surface area contributed by atoms with Gasteiger partial charge in [0.15, 0.2) is 5.78 Å². The van der Waals surface area contributed by atoms with Crippen molar-refractivity contribution >= 4 is 11.9 Å². The summed E-state index contributed by atoms with van der Waals surface area (Å²) in [5, 5.41) is 0. The van der Waals surface area contributed by atoms with Crippen molar-refractivity contribution in [3.63, 3.8) is 0 Å². The van der Waals surface area contributed by atoms with Crippen LogP contribution in [0.15, 0.2) is 55.3 Å². The summed E-state index contributed by atoms with van der Waals surface area (Å²) in [5.74, 6) is -0.335. The Hall–Kier alpha value is -2.36. The lowest BCUT2D eigenvalue weighted by atomic mass is 9.84. The Balaban J connectivity index is 2.46. The number of methoxy groups -OCH3 is 1. The minimum absolute atomic E-state index is 0.00101. The molecule has 1 aliphatic heterocycles. The van der Waals surface area contributed by atoms with Crippen molar-refractivity contribution in [3.05, 3.63) is 60.8 Å². The zero-order valence-electron chi connectivity index (χ0n) is 11.4. The molecule has 2 rings (SSSR count). The predicted molar refractivity (Wildman–Crippen MR) is 75.9 cm³/mol. The number of ether oxygens (including phenoxy) is 1. The Morgan fingerprint density at radius 3 is 2.70 bits per heavy atom. The van der Waals surface area contributed by atoms with E-state index in [2.05, 4.69) is 6.58 Å². The summed E-state index contributed by atoms with van der Waals surface area (Å²) in [6.07, 6.45) is 4.65. The summed E-state index contributed by atoms with van der Waals surface area (Å²) in [6.45, 7) is 3.70. The average Bonchev–Trinajstić information content (AvgIpc) is 2.49. The van der Waals surface area contributed by atoms with Gasteiger partial charge in [0.1, 0.15) is 0 Å². The smallest absolute Gasteiger partial charge is 0.414 e. The maximum Gasteiger partial charge on any atom is 0.414 e. The number of benzene rings is 1. The van der Waals surface area contributed by atoms with Crippen molar-refractivity contribution in [1.29, 1.82) is 0 Å². The Morgan fingerprint density at radius 2 is 2.10 bits per heavy atom. The minimum atomic E-state index is -0.475. The number of ketones is 1. The van der Waals surface area contributed by atoms with Gasteiger partial charge >= 0.3 is 6.09 Å². The van der Waals surface area contributed by atoms with E-state index < -0.39 is 6.09 Å².